The van der Waals surface area contributed by atoms with Crippen LogP contribution in [0.3, 0.4) is 0 Å². The molecule has 4 nitrogen and oxygen atoms in total. The van der Waals surface area contributed by atoms with Gasteiger partial charge in [0.05, 0.1) is 22.4 Å². The summed E-state index contributed by atoms with van der Waals surface area (Å²) in [6.07, 6.45) is 0. The Hall–Kier alpha value is -2.10. The molecule has 0 N–H and O–H groups in total. The van der Waals surface area contributed by atoms with Crippen molar-refractivity contribution in [1.29, 1.82) is 5.26 Å². The SMILES string of the molecule is Cc1sc2nc(S[C@@H](C)C#N)n(-c3ccccc3)c(=O)c2c1C. The quantitative estimate of drug-likeness (QED) is 0.532. The van der Waals surface area contributed by atoms with Gasteiger partial charge in [-0.05, 0) is 38.5 Å². The molecule has 0 saturated heterocycles. The van der Waals surface area contributed by atoms with Gasteiger partial charge in [-0.2, -0.15) is 5.26 Å². The summed E-state index contributed by atoms with van der Waals surface area (Å²) in [6.45, 7) is 5.76. The number of nitrogens with zero attached hydrogens (tertiary/aromatic N) is 3. The molecule has 0 aliphatic rings. The highest BCUT2D eigenvalue weighted by molar-refractivity contribution is 8.00. The lowest BCUT2D eigenvalue weighted by Gasteiger charge is -2.12. The molecular weight excluding hydrogens is 326 g/mol. The Labute approximate surface area is 142 Å². The van der Waals surface area contributed by atoms with Gasteiger partial charge < -0.3 is 0 Å². The van der Waals surface area contributed by atoms with E-state index in [1.165, 1.54) is 23.1 Å². The Bertz CT molecular complexity index is 967. The Morgan fingerprint density at radius 3 is 2.65 bits per heavy atom. The summed E-state index contributed by atoms with van der Waals surface area (Å²) in [5.41, 5.74) is 1.68. The monoisotopic (exact) mass is 341 g/mol. The van der Waals surface area contributed by atoms with Crippen LogP contribution in [-0.2, 0) is 0 Å². The fourth-order valence-electron chi connectivity index (χ4n) is 2.34. The van der Waals surface area contributed by atoms with Gasteiger partial charge in [-0.15, -0.1) is 11.3 Å². The van der Waals surface area contributed by atoms with Gasteiger partial charge in [0.15, 0.2) is 5.16 Å². The van der Waals surface area contributed by atoms with E-state index in [2.05, 4.69) is 11.1 Å². The van der Waals surface area contributed by atoms with Crippen LogP contribution in [0.1, 0.15) is 17.4 Å². The number of rotatable bonds is 3. The average Bonchev–Trinajstić information content (AvgIpc) is 2.83. The fraction of sp³-hybridized carbons (Fsp3) is 0.235. The second-order valence-corrected chi connectivity index (χ2v) is 7.73. The van der Waals surface area contributed by atoms with Crippen LogP contribution in [0.2, 0.25) is 0 Å². The highest BCUT2D eigenvalue weighted by Crippen LogP contribution is 2.30. The van der Waals surface area contributed by atoms with E-state index in [9.17, 15) is 4.79 Å². The largest absolute Gasteiger partial charge is 0.268 e. The van der Waals surface area contributed by atoms with E-state index in [4.69, 9.17) is 5.26 Å². The maximum absolute atomic E-state index is 13.1. The highest BCUT2D eigenvalue weighted by Gasteiger charge is 2.19. The number of aryl methyl sites for hydroxylation is 2. The van der Waals surface area contributed by atoms with Gasteiger partial charge >= 0.3 is 0 Å². The van der Waals surface area contributed by atoms with Gasteiger partial charge in [0.1, 0.15) is 4.83 Å². The molecule has 0 amide bonds. The third kappa shape index (κ3) is 2.78. The van der Waals surface area contributed by atoms with E-state index in [0.29, 0.717) is 10.5 Å². The first kappa shape index (κ1) is 15.8. The first-order chi connectivity index (χ1) is 11.0. The van der Waals surface area contributed by atoms with Crippen LogP contribution in [0.15, 0.2) is 40.3 Å². The van der Waals surface area contributed by atoms with E-state index in [-0.39, 0.29) is 10.8 Å². The molecule has 1 aromatic carbocycles. The van der Waals surface area contributed by atoms with Crippen LogP contribution >= 0.6 is 23.1 Å². The van der Waals surface area contributed by atoms with Gasteiger partial charge in [0.2, 0.25) is 0 Å². The minimum Gasteiger partial charge on any atom is -0.268 e. The third-order valence-corrected chi connectivity index (χ3v) is 5.70. The van der Waals surface area contributed by atoms with Crippen molar-refractivity contribution in [3.63, 3.8) is 0 Å². The predicted molar refractivity (Wildman–Crippen MR) is 95.6 cm³/mol. The van der Waals surface area contributed by atoms with E-state index in [0.717, 1.165) is 21.0 Å². The number of para-hydroxylation sites is 1. The summed E-state index contributed by atoms with van der Waals surface area (Å²) in [5.74, 6) is 0. The zero-order valence-corrected chi connectivity index (χ0v) is 14.7. The summed E-state index contributed by atoms with van der Waals surface area (Å²) < 4.78 is 1.61. The van der Waals surface area contributed by atoms with E-state index < -0.39 is 0 Å². The van der Waals surface area contributed by atoms with Crippen LogP contribution in [-0.4, -0.2) is 14.8 Å². The molecule has 23 heavy (non-hydrogen) atoms. The van der Waals surface area contributed by atoms with Crippen molar-refractivity contribution < 1.29 is 0 Å². The average molecular weight is 341 g/mol. The standard InChI is InChI=1S/C17H15N3OS2/c1-10(9-18)22-17-19-15-14(11(2)12(3)23-15)16(21)20(17)13-7-5-4-6-8-13/h4-8,10H,1-3H3/t10-/m0/s1. The number of aromatic nitrogens is 2. The lowest BCUT2D eigenvalue weighted by molar-refractivity contribution is 0.820. The highest BCUT2D eigenvalue weighted by atomic mass is 32.2. The Balaban J connectivity index is 2.36. The normalized spacial score (nSPS) is 12.3. The zero-order chi connectivity index (χ0) is 16.6. The molecule has 3 rings (SSSR count). The van der Waals surface area contributed by atoms with Crippen LogP contribution in [0.5, 0.6) is 0 Å². The molecule has 0 unspecified atom stereocenters. The van der Waals surface area contributed by atoms with Crippen molar-refractivity contribution in [3.8, 4) is 11.8 Å². The minimum absolute atomic E-state index is 0.0734. The summed E-state index contributed by atoms with van der Waals surface area (Å²) in [4.78, 5) is 19.6. The number of thiophene rings is 1. The molecule has 116 valence electrons. The van der Waals surface area contributed by atoms with Crippen molar-refractivity contribution in [3.05, 3.63) is 51.1 Å². The van der Waals surface area contributed by atoms with Crippen molar-refractivity contribution >= 4 is 33.3 Å². The number of benzene rings is 1. The lowest BCUT2D eigenvalue weighted by atomic mass is 10.2. The Morgan fingerprint density at radius 2 is 2.00 bits per heavy atom. The molecule has 0 aliphatic heterocycles. The van der Waals surface area contributed by atoms with Gasteiger partial charge in [-0.3, -0.25) is 9.36 Å². The van der Waals surface area contributed by atoms with Crippen molar-refractivity contribution in [2.75, 3.05) is 0 Å². The first-order valence-electron chi connectivity index (χ1n) is 7.17. The summed E-state index contributed by atoms with van der Waals surface area (Å²) in [7, 11) is 0. The summed E-state index contributed by atoms with van der Waals surface area (Å²) in [5, 5.41) is 10.1. The summed E-state index contributed by atoms with van der Waals surface area (Å²) in [6, 6.07) is 11.6. The lowest BCUT2D eigenvalue weighted by Crippen LogP contribution is -2.22. The smallest absolute Gasteiger partial charge is 0.267 e. The van der Waals surface area contributed by atoms with Crippen LogP contribution < -0.4 is 5.56 Å². The van der Waals surface area contributed by atoms with Gasteiger partial charge in [0.25, 0.3) is 5.56 Å². The second-order valence-electron chi connectivity index (χ2n) is 5.22. The molecular formula is C17H15N3OS2. The molecule has 3 aromatic rings. The molecule has 6 heteroatoms. The molecule has 0 fully saturated rings. The van der Waals surface area contributed by atoms with E-state index >= 15 is 0 Å². The molecule has 0 spiro atoms. The Kier molecular flexibility index (Phi) is 4.24. The maximum atomic E-state index is 13.1. The fourth-order valence-corrected chi connectivity index (χ4v) is 4.23. The van der Waals surface area contributed by atoms with Crippen molar-refractivity contribution in [1.82, 2.24) is 9.55 Å². The molecule has 0 aliphatic carbocycles. The minimum atomic E-state index is -0.281. The molecule has 2 heterocycles. The number of thioether (sulfide) groups is 1. The van der Waals surface area contributed by atoms with Crippen LogP contribution in [0.4, 0.5) is 0 Å². The van der Waals surface area contributed by atoms with E-state index in [1.54, 1.807) is 11.5 Å². The van der Waals surface area contributed by atoms with Crippen LogP contribution in [0.25, 0.3) is 15.9 Å². The van der Waals surface area contributed by atoms with Crippen molar-refractivity contribution in [2.24, 2.45) is 0 Å². The van der Waals surface area contributed by atoms with Gasteiger partial charge in [-0.1, -0.05) is 30.0 Å². The summed E-state index contributed by atoms with van der Waals surface area (Å²) >= 11 is 2.83. The molecule has 0 bridgehead atoms. The maximum Gasteiger partial charge on any atom is 0.267 e. The zero-order valence-electron chi connectivity index (χ0n) is 13.0. The molecule has 0 saturated carbocycles. The molecule has 2 aromatic heterocycles. The topological polar surface area (TPSA) is 58.7 Å². The van der Waals surface area contributed by atoms with E-state index in [1.807, 2.05) is 44.2 Å². The van der Waals surface area contributed by atoms with Crippen molar-refractivity contribution in [2.45, 2.75) is 31.2 Å². The second kappa shape index (κ2) is 6.19. The Morgan fingerprint density at radius 1 is 1.30 bits per heavy atom. The van der Waals surface area contributed by atoms with Gasteiger partial charge in [-0.25, -0.2) is 4.98 Å². The third-order valence-electron chi connectivity index (χ3n) is 3.65. The molecule has 0 radical (unpaired) electrons. The van der Waals surface area contributed by atoms with Gasteiger partial charge in [0, 0.05) is 4.88 Å². The van der Waals surface area contributed by atoms with Crippen LogP contribution in [0, 0.1) is 25.2 Å². The number of fused-ring (bicyclic) bond motifs is 1. The number of hydrogen-bond acceptors (Lipinski definition) is 5. The predicted octanol–water partition coefficient (Wildman–Crippen LogP) is 4.07. The number of hydrogen-bond donors (Lipinski definition) is 0. The first-order valence-corrected chi connectivity index (χ1v) is 8.87. The molecule has 1 atom stereocenters. The number of nitriles is 1.